The molecule has 4 aromatic rings. The quantitative estimate of drug-likeness (QED) is 0.344. The van der Waals surface area contributed by atoms with E-state index < -0.39 is 0 Å². The van der Waals surface area contributed by atoms with Crippen molar-refractivity contribution in [1.82, 2.24) is 4.98 Å². The van der Waals surface area contributed by atoms with Gasteiger partial charge in [0.1, 0.15) is 0 Å². The topological polar surface area (TPSA) is 15.8 Å². The molecular formula is C24H21N. The molecule has 1 atom stereocenters. The zero-order valence-electron chi connectivity index (χ0n) is 14.9. The van der Waals surface area contributed by atoms with Gasteiger partial charge in [-0.15, -0.1) is 0 Å². The summed E-state index contributed by atoms with van der Waals surface area (Å²) in [7, 11) is 0. The number of H-pyrrole nitrogens is 1. The molecule has 0 saturated heterocycles. The number of fused-ring (bicyclic) bond motifs is 6. The highest BCUT2D eigenvalue weighted by Gasteiger charge is 2.16. The number of rotatable bonds is 0. The van der Waals surface area contributed by atoms with Crippen LogP contribution in [0.3, 0.4) is 0 Å². The molecule has 1 heterocycles. The smallest absolute Gasteiger partial charge is 0.0547 e. The summed E-state index contributed by atoms with van der Waals surface area (Å²) in [4.78, 5) is 3.71. The van der Waals surface area contributed by atoms with Crippen LogP contribution in [0.5, 0.6) is 0 Å². The van der Waals surface area contributed by atoms with Crippen LogP contribution >= 0.6 is 0 Å². The first-order chi connectivity index (χ1) is 12.1. The van der Waals surface area contributed by atoms with Crippen molar-refractivity contribution in [3.8, 4) is 0 Å². The normalized spacial score (nSPS) is 16.7. The minimum absolute atomic E-state index is 0.476. The van der Waals surface area contributed by atoms with Crippen LogP contribution in [0.2, 0.25) is 0 Å². The van der Waals surface area contributed by atoms with E-state index in [4.69, 9.17) is 0 Å². The second-order valence-corrected chi connectivity index (χ2v) is 7.24. The van der Waals surface area contributed by atoms with Crippen LogP contribution < -0.4 is 0 Å². The van der Waals surface area contributed by atoms with Crippen molar-refractivity contribution in [2.75, 3.05) is 0 Å². The average molecular weight is 323 g/mol. The van der Waals surface area contributed by atoms with Crippen LogP contribution in [0.25, 0.3) is 44.6 Å². The molecule has 5 rings (SSSR count). The van der Waals surface area contributed by atoms with Crippen LogP contribution in [0, 0.1) is 19.8 Å². The van der Waals surface area contributed by atoms with E-state index in [1.807, 2.05) is 0 Å². The summed E-state index contributed by atoms with van der Waals surface area (Å²) in [6, 6.07) is 13.3. The molecule has 1 heteroatoms. The molecule has 0 saturated carbocycles. The van der Waals surface area contributed by atoms with Crippen molar-refractivity contribution in [2.45, 2.75) is 20.8 Å². The minimum atomic E-state index is 0.476. The Morgan fingerprint density at radius 1 is 0.760 bits per heavy atom. The molecular weight excluding hydrogens is 302 g/mol. The number of hydrogen-bond acceptors (Lipinski definition) is 0. The third-order valence-corrected chi connectivity index (χ3v) is 5.69. The zero-order chi connectivity index (χ0) is 17.1. The van der Waals surface area contributed by atoms with Gasteiger partial charge in [-0.2, -0.15) is 0 Å². The molecule has 1 aliphatic carbocycles. The Morgan fingerprint density at radius 3 is 2.24 bits per heavy atom. The fraction of sp³-hybridized carbons (Fsp3) is 0.167. The Hall–Kier alpha value is -2.80. The molecule has 25 heavy (non-hydrogen) atoms. The largest absolute Gasteiger partial charge is 0.354 e. The highest BCUT2D eigenvalue weighted by molar-refractivity contribution is 6.17. The van der Waals surface area contributed by atoms with E-state index in [0.29, 0.717) is 5.92 Å². The van der Waals surface area contributed by atoms with Gasteiger partial charge in [0.25, 0.3) is 0 Å². The van der Waals surface area contributed by atoms with E-state index in [9.17, 15) is 0 Å². The van der Waals surface area contributed by atoms with Crippen LogP contribution in [0.1, 0.15) is 29.3 Å². The molecule has 0 aliphatic heterocycles. The molecule has 0 fully saturated rings. The summed E-state index contributed by atoms with van der Waals surface area (Å²) < 4.78 is 0. The number of benzene rings is 3. The lowest BCUT2D eigenvalue weighted by atomic mass is 9.91. The summed E-state index contributed by atoms with van der Waals surface area (Å²) >= 11 is 0. The lowest BCUT2D eigenvalue weighted by Gasteiger charge is -2.13. The van der Waals surface area contributed by atoms with Gasteiger partial charge in [-0.05, 0) is 53.1 Å². The molecule has 3 aromatic carbocycles. The van der Waals surface area contributed by atoms with Gasteiger partial charge in [0, 0.05) is 22.0 Å². The molecule has 0 spiro atoms. The van der Waals surface area contributed by atoms with Gasteiger partial charge in [0.2, 0.25) is 0 Å². The summed E-state index contributed by atoms with van der Waals surface area (Å²) in [5.41, 5.74) is 6.51. The molecule has 1 aromatic heterocycles. The van der Waals surface area contributed by atoms with E-state index in [-0.39, 0.29) is 0 Å². The van der Waals surface area contributed by atoms with Crippen LogP contribution in [-0.2, 0) is 0 Å². The van der Waals surface area contributed by atoms with E-state index >= 15 is 0 Å². The first kappa shape index (κ1) is 14.5. The second kappa shape index (κ2) is 5.10. The Bertz CT molecular complexity index is 1220. The van der Waals surface area contributed by atoms with E-state index in [0.717, 1.165) is 0 Å². The third kappa shape index (κ3) is 1.96. The fourth-order valence-electron chi connectivity index (χ4n) is 4.29. The third-order valence-electron chi connectivity index (χ3n) is 5.69. The SMILES string of the molecule is Cc1c2ccccc2c(C)c2c1ccc1c3c([nH]c12)C=CC(C)C=C3. The van der Waals surface area contributed by atoms with Gasteiger partial charge in [-0.1, -0.05) is 61.5 Å². The van der Waals surface area contributed by atoms with Gasteiger partial charge in [-0.25, -0.2) is 0 Å². The summed E-state index contributed by atoms with van der Waals surface area (Å²) in [6.45, 7) is 6.71. The summed E-state index contributed by atoms with van der Waals surface area (Å²) in [6.07, 6.45) is 9.04. The van der Waals surface area contributed by atoms with Gasteiger partial charge < -0.3 is 4.98 Å². The van der Waals surface area contributed by atoms with Crippen molar-refractivity contribution < 1.29 is 0 Å². The van der Waals surface area contributed by atoms with Crippen molar-refractivity contribution in [1.29, 1.82) is 0 Å². The number of allylic oxidation sites excluding steroid dienone is 2. The zero-order valence-corrected chi connectivity index (χ0v) is 14.9. The highest BCUT2D eigenvalue weighted by Crippen LogP contribution is 2.38. The molecule has 122 valence electrons. The van der Waals surface area contributed by atoms with Crippen molar-refractivity contribution in [2.24, 2.45) is 5.92 Å². The summed E-state index contributed by atoms with van der Waals surface area (Å²) in [5.74, 6) is 0.476. The number of aromatic amines is 1. The fourth-order valence-corrected chi connectivity index (χ4v) is 4.29. The molecule has 1 unspecified atom stereocenters. The monoisotopic (exact) mass is 323 g/mol. The van der Waals surface area contributed by atoms with E-state index in [1.54, 1.807) is 0 Å². The molecule has 0 amide bonds. The Labute approximate surface area is 147 Å². The predicted molar refractivity (Wildman–Crippen MR) is 110 cm³/mol. The maximum atomic E-state index is 3.71. The van der Waals surface area contributed by atoms with E-state index in [2.05, 4.69) is 86.5 Å². The lowest BCUT2D eigenvalue weighted by molar-refractivity contribution is 0.953. The number of aryl methyl sites for hydroxylation is 2. The Balaban J connectivity index is 1.99. The molecule has 1 nitrogen and oxygen atoms in total. The minimum Gasteiger partial charge on any atom is -0.354 e. The standard InChI is InChI=1S/C24H21N/c1-14-8-10-20-21-12-11-19-15(2)17-6-4-5-7-18(17)16(3)23(19)24(21)25-22(20)13-9-14/h4-14,25H,1-3H3. The predicted octanol–water partition coefficient (Wildman–Crippen LogP) is 6.77. The molecule has 1 aliphatic rings. The van der Waals surface area contributed by atoms with Gasteiger partial charge in [0.05, 0.1) is 5.52 Å². The van der Waals surface area contributed by atoms with Crippen molar-refractivity contribution in [3.63, 3.8) is 0 Å². The number of aromatic nitrogens is 1. The van der Waals surface area contributed by atoms with Gasteiger partial charge >= 0.3 is 0 Å². The average Bonchev–Trinajstić information content (AvgIpc) is 2.89. The summed E-state index contributed by atoms with van der Waals surface area (Å²) in [5, 5.41) is 6.73. The van der Waals surface area contributed by atoms with Crippen LogP contribution in [0.4, 0.5) is 0 Å². The van der Waals surface area contributed by atoms with Gasteiger partial charge in [-0.3, -0.25) is 0 Å². The molecule has 0 radical (unpaired) electrons. The Morgan fingerprint density at radius 2 is 1.44 bits per heavy atom. The Kier molecular flexibility index (Phi) is 2.96. The number of hydrogen-bond donors (Lipinski definition) is 1. The van der Waals surface area contributed by atoms with Crippen molar-refractivity contribution in [3.05, 3.63) is 70.9 Å². The molecule has 1 N–H and O–H groups in total. The second-order valence-electron chi connectivity index (χ2n) is 7.24. The first-order valence-electron chi connectivity index (χ1n) is 8.98. The van der Waals surface area contributed by atoms with Crippen LogP contribution in [-0.4, -0.2) is 4.98 Å². The van der Waals surface area contributed by atoms with E-state index in [1.165, 1.54) is 54.8 Å². The van der Waals surface area contributed by atoms with Crippen molar-refractivity contribution >= 4 is 44.6 Å². The first-order valence-corrected chi connectivity index (χ1v) is 8.98. The highest BCUT2D eigenvalue weighted by atomic mass is 14.7. The van der Waals surface area contributed by atoms with Crippen LogP contribution in [0.15, 0.2) is 48.6 Å². The lowest BCUT2D eigenvalue weighted by Crippen LogP contribution is -1.89. The maximum absolute atomic E-state index is 3.71. The number of nitrogens with one attached hydrogen (secondary N) is 1. The van der Waals surface area contributed by atoms with Gasteiger partial charge in [0.15, 0.2) is 0 Å². The molecule has 0 bridgehead atoms. The maximum Gasteiger partial charge on any atom is 0.0547 e.